The van der Waals surface area contributed by atoms with Gasteiger partial charge in [0.05, 0.1) is 0 Å². The van der Waals surface area contributed by atoms with Crippen LogP contribution < -0.4 is 0 Å². The Balaban J connectivity index is -0.000000131. The van der Waals surface area contributed by atoms with Gasteiger partial charge in [0.1, 0.15) is 0 Å². The Morgan fingerprint density at radius 2 is 0.857 bits per heavy atom. The molecule has 2 nitrogen and oxygen atoms in total. The van der Waals surface area contributed by atoms with Crippen molar-refractivity contribution in [2.24, 2.45) is 0 Å². The SMILES string of the molecule is CCOCC.CCOCC.[Cl][GeH]([Cl])[Cl]. The summed E-state index contributed by atoms with van der Waals surface area (Å²) in [6, 6.07) is 0. The molecule has 0 aromatic heterocycles. The second-order valence-corrected chi connectivity index (χ2v) is 13.1. The molecular formula is C8H21Cl3GeO2. The zero-order valence-corrected chi connectivity index (χ0v) is 14.0. The molecule has 6 heteroatoms. The van der Waals surface area contributed by atoms with Crippen LogP contribution in [0.1, 0.15) is 27.7 Å². The van der Waals surface area contributed by atoms with E-state index < -0.39 is 11.6 Å². The molecule has 0 amide bonds. The number of ether oxygens (including phenoxy) is 2. The van der Waals surface area contributed by atoms with E-state index in [1.165, 1.54) is 0 Å². The topological polar surface area (TPSA) is 18.5 Å². The minimum absolute atomic E-state index is 0.844. The fraction of sp³-hybridized carbons (Fsp3) is 1.00. The molecule has 0 saturated heterocycles. The summed E-state index contributed by atoms with van der Waals surface area (Å²) in [4.78, 5) is 0. The van der Waals surface area contributed by atoms with E-state index in [1.807, 2.05) is 27.7 Å². The molecule has 0 aliphatic carbocycles. The molecule has 0 atom stereocenters. The van der Waals surface area contributed by atoms with Gasteiger partial charge in [0.15, 0.2) is 0 Å². The van der Waals surface area contributed by atoms with E-state index in [0.717, 1.165) is 26.4 Å². The van der Waals surface area contributed by atoms with Crippen LogP contribution in [0.2, 0.25) is 0 Å². The molecule has 0 spiro atoms. The number of hydrogen-bond donors (Lipinski definition) is 0. The average Bonchev–Trinajstić information content (AvgIpc) is 2.07. The molecular weight excluding hydrogens is 307 g/mol. The van der Waals surface area contributed by atoms with Crippen molar-refractivity contribution in [1.29, 1.82) is 0 Å². The van der Waals surface area contributed by atoms with E-state index in [9.17, 15) is 0 Å². The van der Waals surface area contributed by atoms with E-state index in [1.54, 1.807) is 0 Å². The van der Waals surface area contributed by atoms with E-state index >= 15 is 0 Å². The molecule has 90 valence electrons. The number of hydrogen-bond acceptors (Lipinski definition) is 2. The van der Waals surface area contributed by atoms with Gasteiger partial charge in [-0.05, 0) is 27.7 Å². The summed E-state index contributed by atoms with van der Waals surface area (Å²) in [6.45, 7) is 11.3. The molecule has 14 heavy (non-hydrogen) atoms. The van der Waals surface area contributed by atoms with Crippen LogP contribution in [0.15, 0.2) is 0 Å². The first-order valence-electron chi connectivity index (χ1n) is 4.64. The number of rotatable bonds is 4. The van der Waals surface area contributed by atoms with Gasteiger partial charge in [-0.3, -0.25) is 0 Å². The summed E-state index contributed by atoms with van der Waals surface area (Å²) in [5, 5.41) is 0. The van der Waals surface area contributed by atoms with Gasteiger partial charge in [-0.25, -0.2) is 0 Å². The first kappa shape index (κ1) is 20.7. The van der Waals surface area contributed by atoms with Crippen LogP contribution in [0.3, 0.4) is 0 Å². The van der Waals surface area contributed by atoms with Gasteiger partial charge >= 0.3 is 41.6 Å². The van der Waals surface area contributed by atoms with Crippen LogP contribution in [0, 0.1) is 0 Å². The van der Waals surface area contributed by atoms with Gasteiger partial charge in [-0.1, -0.05) is 0 Å². The minimum atomic E-state index is -2.06. The van der Waals surface area contributed by atoms with Crippen molar-refractivity contribution < 1.29 is 9.47 Å². The van der Waals surface area contributed by atoms with Gasteiger partial charge in [-0.15, -0.1) is 0 Å². The molecule has 0 aromatic rings. The second kappa shape index (κ2) is 23.9. The van der Waals surface area contributed by atoms with Crippen molar-refractivity contribution >= 4 is 41.6 Å². The summed E-state index contributed by atoms with van der Waals surface area (Å²) in [5.74, 6) is 0. The van der Waals surface area contributed by atoms with Crippen LogP contribution in [0.5, 0.6) is 0 Å². The maximum atomic E-state index is 4.99. The standard InChI is InChI=1S/2C4H10O.Cl3GeH/c2*1-3-5-4-2;1-4(2)3/h2*3-4H2,1-2H3;4H. The first-order chi connectivity index (χ1) is 6.56. The van der Waals surface area contributed by atoms with Crippen LogP contribution >= 0.6 is 30.0 Å². The zero-order valence-electron chi connectivity index (χ0n) is 9.36. The fourth-order valence-corrected chi connectivity index (χ4v) is 0.408. The Labute approximate surface area is 105 Å². The molecule has 0 aliphatic heterocycles. The molecule has 0 unspecified atom stereocenters. The Kier molecular flexibility index (Phi) is 35.3. The van der Waals surface area contributed by atoms with Gasteiger partial charge in [0, 0.05) is 26.4 Å². The van der Waals surface area contributed by atoms with Crippen molar-refractivity contribution in [2.45, 2.75) is 27.7 Å². The quantitative estimate of drug-likeness (QED) is 0.736. The van der Waals surface area contributed by atoms with Crippen LogP contribution in [0.25, 0.3) is 0 Å². The average molecular weight is 328 g/mol. The summed E-state index contributed by atoms with van der Waals surface area (Å²) in [6.07, 6.45) is 0. The molecule has 0 N–H and O–H groups in total. The van der Waals surface area contributed by atoms with Crippen LogP contribution in [-0.2, 0) is 9.47 Å². The molecule has 0 heterocycles. The Bertz CT molecular complexity index is 64.9. The van der Waals surface area contributed by atoms with Crippen molar-refractivity contribution in [3.05, 3.63) is 0 Å². The summed E-state index contributed by atoms with van der Waals surface area (Å²) < 4.78 is 9.67. The Morgan fingerprint density at radius 3 is 0.857 bits per heavy atom. The van der Waals surface area contributed by atoms with Gasteiger partial charge in [0.2, 0.25) is 0 Å². The predicted octanol–water partition coefficient (Wildman–Crippen LogP) is 3.51. The third-order valence-corrected chi connectivity index (χ3v) is 0.816. The Morgan fingerprint density at radius 1 is 0.714 bits per heavy atom. The third kappa shape index (κ3) is 71.3. The molecule has 0 bridgehead atoms. The molecule has 0 radical (unpaired) electrons. The second-order valence-electron chi connectivity index (χ2n) is 1.81. The van der Waals surface area contributed by atoms with Gasteiger partial charge in [-0.2, -0.15) is 0 Å². The van der Waals surface area contributed by atoms with Crippen molar-refractivity contribution in [3.63, 3.8) is 0 Å². The summed E-state index contributed by atoms with van der Waals surface area (Å²) in [5.41, 5.74) is 0. The predicted molar refractivity (Wildman–Crippen MR) is 69.0 cm³/mol. The van der Waals surface area contributed by atoms with E-state index in [-0.39, 0.29) is 0 Å². The van der Waals surface area contributed by atoms with Gasteiger partial charge in [0.25, 0.3) is 0 Å². The normalized spacial score (nSPS) is 8.57. The molecule has 0 rings (SSSR count). The van der Waals surface area contributed by atoms with Crippen molar-refractivity contribution in [3.8, 4) is 0 Å². The third-order valence-electron chi connectivity index (χ3n) is 0.816. The molecule has 0 aliphatic rings. The monoisotopic (exact) mass is 328 g/mol. The number of halogens is 3. The fourth-order valence-electron chi connectivity index (χ4n) is 0.408. The van der Waals surface area contributed by atoms with Crippen molar-refractivity contribution in [1.82, 2.24) is 0 Å². The molecule has 0 saturated carbocycles. The summed E-state index contributed by atoms with van der Waals surface area (Å²) >= 11 is -2.06. The van der Waals surface area contributed by atoms with E-state index in [2.05, 4.69) is 0 Å². The molecule has 0 aromatic carbocycles. The van der Waals surface area contributed by atoms with Gasteiger partial charge < -0.3 is 9.47 Å². The first-order valence-corrected chi connectivity index (χ1v) is 14.2. The zero-order chi connectivity index (χ0) is 11.8. The van der Waals surface area contributed by atoms with E-state index in [4.69, 9.17) is 39.5 Å². The van der Waals surface area contributed by atoms with Crippen LogP contribution in [0.4, 0.5) is 0 Å². The Hall–Kier alpha value is 1.33. The van der Waals surface area contributed by atoms with Crippen LogP contribution in [-0.4, -0.2) is 38.0 Å². The van der Waals surface area contributed by atoms with Crippen molar-refractivity contribution in [2.75, 3.05) is 26.4 Å². The summed E-state index contributed by atoms with van der Waals surface area (Å²) in [7, 11) is 15.0. The molecule has 0 fully saturated rings. The van der Waals surface area contributed by atoms with E-state index in [0.29, 0.717) is 0 Å². The maximum absolute atomic E-state index is 4.99.